The Hall–Kier alpha value is -4.40. The number of amides is 4. The molecular formula is C43H55N5O9S. The Balaban J connectivity index is 1.07. The van der Waals surface area contributed by atoms with Crippen molar-refractivity contribution in [3.63, 3.8) is 0 Å². The van der Waals surface area contributed by atoms with E-state index in [2.05, 4.69) is 10.6 Å². The minimum absolute atomic E-state index is 0.0770. The van der Waals surface area contributed by atoms with Gasteiger partial charge in [0.2, 0.25) is 11.8 Å². The van der Waals surface area contributed by atoms with Gasteiger partial charge in [-0.3, -0.25) is 14.4 Å². The number of benzene rings is 1. The number of nitrogens with zero attached hydrogens (tertiary/aromatic N) is 3. The molecular weight excluding hydrogens is 763 g/mol. The van der Waals surface area contributed by atoms with Gasteiger partial charge in [0, 0.05) is 23.3 Å². The molecule has 0 unspecified atom stereocenters. The van der Waals surface area contributed by atoms with Crippen molar-refractivity contribution in [3.8, 4) is 11.5 Å². The molecule has 0 bridgehead atoms. The number of fused-ring (bicyclic) bond motifs is 4. The zero-order chi connectivity index (χ0) is 40.5. The quantitative estimate of drug-likeness (QED) is 0.283. The van der Waals surface area contributed by atoms with E-state index in [9.17, 15) is 27.6 Å². The third-order valence-corrected chi connectivity index (χ3v) is 16.3. The van der Waals surface area contributed by atoms with E-state index in [4.69, 9.17) is 19.2 Å². The van der Waals surface area contributed by atoms with Crippen molar-refractivity contribution in [2.75, 3.05) is 13.7 Å². The molecule has 2 N–H and O–H groups in total. The number of rotatable bonds is 5. The van der Waals surface area contributed by atoms with Crippen molar-refractivity contribution in [2.45, 2.75) is 163 Å². The van der Waals surface area contributed by atoms with Gasteiger partial charge in [-0.2, -0.15) is 0 Å². The summed E-state index contributed by atoms with van der Waals surface area (Å²) in [5.74, 6) is -0.0164. The number of hydrogen-bond donors (Lipinski definition) is 2. The molecule has 58 heavy (non-hydrogen) atoms. The summed E-state index contributed by atoms with van der Waals surface area (Å²) in [6.45, 7) is 1.65. The Morgan fingerprint density at radius 2 is 1.76 bits per heavy atom. The van der Waals surface area contributed by atoms with Crippen LogP contribution in [0, 0.1) is 0 Å². The van der Waals surface area contributed by atoms with Gasteiger partial charge in [0.25, 0.3) is 15.9 Å². The van der Waals surface area contributed by atoms with E-state index >= 15 is 0 Å². The van der Waals surface area contributed by atoms with Crippen LogP contribution < -0.4 is 20.1 Å². The molecule has 5 heterocycles. The van der Waals surface area contributed by atoms with Gasteiger partial charge in [0.15, 0.2) is 4.87 Å². The fraction of sp³-hybridized carbons (Fsp3) is 0.651. The number of allylic oxidation sites excluding steroid dienone is 1. The number of carbonyl (C=O) groups excluding carboxylic acids is 4. The average molecular weight is 818 g/mol. The molecule has 14 nitrogen and oxygen atoms in total. The zero-order valence-corrected chi connectivity index (χ0v) is 34.4. The van der Waals surface area contributed by atoms with Crippen LogP contribution in [0.15, 0.2) is 30.4 Å². The number of carbonyl (C=O) groups is 4. The third-order valence-electron chi connectivity index (χ3n) is 13.9. The van der Waals surface area contributed by atoms with Crippen molar-refractivity contribution in [1.82, 2.24) is 24.8 Å². The van der Waals surface area contributed by atoms with Gasteiger partial charge in [-0.05, 0) is 115 Å². The molecule has 7 aliphatic rings. The lowest BCUT2D eigenvalue weighted by atomic mass is 9.79. The highest BCUT2D eigenvalue weighted by Crippen LogP contribution is 2.62. The first kappa shape index (κ1) is 39.1. The smallest absolute Gasteiger partial charge is 0.408 e. The SMILES string of the molecule is COc1ccc2nc(C3CCC3)c3c(c2c1)CC[C@]1(C[C@H]2C(=O)N[C@@](C)(C(=O)N4C5(CC5)S4(=O)=O)C/C=C\CCCCC[C@H](NC(=O)OC4CCCC4)C(=O)N2C1)O3. The maximum absolute atomic E-state index is 14.9. The molecule has 4 amide bonds. The van der Waals surface area contributed by atoms with Crippen molar-refractivity contribution < 1.29 is 41.8 Å². The Morgan fingerprint density at radius 1 is 0.983 bits per heavy atom. The zero-order valence-electron chi connectivity index (χ0n) is 33.6. The summed E-state index contributed by atoms with van der Waals surface area (Å²) < 4.78 is 45.5. The molecule has 0 radical (unpaired) electrons. The lowest BCUT2D eigenvalue weighted by Gasteiger charge is -2.39. The molecule has 4 aliphatic heterocycles. The molecule has 9 rings (SSSR count). The first-order valence-corrected chi connectivity index (χ1v) is 22.8. The number of ether oxygens (including phenoxy) is 3. The predicted molar refractivity (Wildman–Crippen MR) is 213 cm³/mol. The fourth-order valence-electron chi connectivity index (χ4n) is 10.0. The molecule has 2 aromatic rings. The number of sulfonamides is 1. The minimum Gasteiger partial charge on any atom is -0.497 e. The van der Waals surface area contributed by atoms with E-state index in [0.717, 1.165) is 84.3 Å². The molecule has 3 saturated carbocycles. The van der Waals surface area contributed by atoms with E-state index in [1.54, 1.807) is 14.0 Å². The van der Waals surface area contributed by atoms with Crippen molar-refractivity contribution >= 4 is 44.7 Å². The molecule has 5 fully saturated rings. The molecule has 312 valence electrons. The van der Waals surface area contributed by atoms with Gasteiger partial charge in [0.05, 0.1) is 24.9 Å². The van der Waals surface area contributed by atoms with Gasteiger partial charge in [-0.15, -0.1) is 0 Å². The molecule has 2 spiro atoms. The van der Waals surface area contributed by atoms with Crippen LogP contribution in [0.3, 0.4) is 0 Å². The van der Waals surface area contributed by atoms with Crippen LogP contribution in [0.1, 0.15) is 133 Å². The Labute approximate surface area is 339 Å². The summed E-state index contributed by atoms with van der Waals surface area (Å²) in [4.78, 5) is 62.8. The number of aryl methyl sites for hydroxylation is 1. The summed E-state index contributed by atoms with van der Waals surface area (Å²) in [6, 6.07) is 3.84. The lowest BCUT2D eigenvalue weighted by molar-refractivity contribution is -0.143. The van der Waals surface area contributed by atoms with Crippen LogP contribution in [0.25, 0.3) is 10.9 Å². The monoisotopic (exact) mass is 817 g/mol. The number of alkyl carbamates (subject to hydrolysis) is 1. The highest BCUT2D eigenvalue weighted by Gasteiger charge is 2.81. The molecule has 3 aliphatic carbocycles. The minimum atomic E-state index is -3.77. The van der Waals surface area contributed by atoms with Gasteiger partial charge >= 0.3 is 6.09 Å². The van der Waals surface area contributed by atoms with Gasteiger partial charge in [-0.1, -0.05) is 31.4 Å². The topological polar surface area (TPSA) is 173 Å². The van der Waals surface area contributed by atoms with Crippen LogP contribution in [0.2, 0.25) is 0 Å². The summed E-state index contributed by atoms with van der Waals surface area (Å²) in [7, 11) is -2.14. The highest BCUT2D eigenvalue weighted by atomic mass is 32.2. The largest absolute Gasteiger partial charge is 0.497 e. The van der Waals surface area contributed by atoms with Crippen LogP contribution in [0.4, 0.5) is 4.79 Å². The van der Waals surface area contributed by atoms with Crippen molar-refractivity contribution in [2.24, 2.45) is 0 Å². The Bertz CT molecular complexity index is 2160. The van der Waals surface area contributed by atoms with Crippen LogP contribution in [-0.2, 0) is 35.6 Å². The van der Waals surface area contributed by atoms with Crippen molar-refractivity contribution in [3.05, 3.63) is 41.6 Å². The van der Waals surface area contributed by atoms with Gasteiger partial charge < -0.3 is 29.7 Å². The second-order valence-corrected chi connectivity index (χ2v) is 20.0. The summed E-state index contributed by atoms with van der Waals surface area (Å²) in [6.07, 6.45) is 15.0. The number of aromatic nitrogens is 1. The van der Waals surface area contributed by atoms with Crippen LogP contribution in [0.5, 0.6) is 11.5 Å². The summed E-state index contributed by atoms with van der Waals surface area (Å²) >= 11 is 0. The average Bonchev–Trinajstić information content (AvgIpc) is 3.87. The first-order chi connectivity index (χ1) is 27.9. The number of pyridine rings is 1. The third kappa shape index (κ3) is 6.78. The predicted octanol–water partition coefficient (Wildman–Crippen LogP) is 5.66. The van der Waals surface area contributed by atoms with Gasteiger partial charge in [-0.25, -0.2) is 22.5 Å². The first-order valence-electron chi connectivity index (χ1n) is 21.4. The Morgan fingerprint density at radius 3 is 2.47 bits per heavy atom. The van der Waals surface area contributed by atoms with Crippen LogP contribution >= 0.6 is 0 Å². The fourth-order valence-corrected chi connectivity index (χ4v) is 12.2. The highest BCUT2D eigenvalue weighted by molar-refractivity contribution is 7.98. The van der Waals surface area contributed by atoms with Crippen molar-refractivity contribution in [1.29, 1.82) is 0 Å². The maximum Gasteiger partial charge on any atom is 0.408 e. The van der Waals surface area contributed by atoms with E-state index in [1.165, 1.54) is 4.90 Å². The standard InChI is InChI=1S/C43H55N5O9S/c1-41(39(51)48-43(22-23-43)58(48,53)54)20-10-6-4-3-5-7-16-33(45-40(52)56-28-14-8-9-15-28)38(50)47-26-42(25-34(47)37(49)46-41)21-19-30-31-24-29(55-2)17-18-32(31)44-35(36(30)57-42)27-12-11-13-27/h6,10,17-18,24,27-28,33-34H,3-5,7-9,11-16,19-23,25-26H2,1-2H3,(H,45,52)(H,46,49)/b10-6-/t33-,34-,41+,42+,48?/m0/s1. The second-order valence-electron chi connectivity index (χ2n) is 18.0. The van der Waals surface area contributed by atoms with Crippen LogP contribution in [-0.4, -0.2) is 94.3 Å². The van der Waals surface area contributed by atoms with E-state index in [-0.39, 0.29) is 31.4 Å². The number of hydrogen-bond acceptors (Lipinski definition) is 10. The lowest BCUT2D eigenvalue weighted by Crippen LogP contribution is -2.60. The molecule has 4 atom stereocenters. The summed E-state index contributed by atoms with van der Waals surface area (Å²) in [5, 5.41) is 6.81. The van der Waals surface area contributed by atoms with E-state index < -0.39 is 61.9 Å². The van der Waals surface area contributed by atoms with E-state index in [0.29, 0.717) is 56.4 Å². The number of nitrogens with one attached hydrogen (secondary N) is 2. The second kappa shape index (κ2) is 14.7. The molecule has 15 heteroatoms. The maximum atomic E-state index is 14.9. The molecule has 1 aromatic carbocycles. The summed E-state index contributed by atoms with van der Waals surface area (Å²) in [5.41, 5.74) is 0.224. The molecule has 1 aromatic heterocycles. The Kier molecular flexibility index (Phi) is 9.91. The van der Waals surface area contributed by atoms with Gasteiger partial charge in [0.1, 0.15) is 40.8 Å². The molecule has 2 saturated heterocycles. The normalized spacial score (nSPS) is 31.3. The van der Waals surface area contributed by atoms with E-state index in [1.807, 2.05) is 30.4 Å². The number of methoxy groups -OCH3 is 1.